The number of fused-ring (bicyclic) bond motifs is 2. The minimum Gasteiger partial charge on any atom is -0.391 e. The summed E-state index contributed by atoms with van der Waals surface area (Å²) in [6.07, 6.45) is 8.55. The Morgan fingerprint density at radius 1 is 1.23 bits per heavy atom. The van der Waals surface area contributed by atoms with E-state index >= 15 is 0 Å². The van der Waals surface area contributed by atoms with Gasteiger partial charge in [-0.25, -0.2) is 0 Å². The molecule has 1 saturated carbocycles. The van der Waals surface area contributed by atoms with Crippen LogP contribution in [0.5, 0.6) is 0 Å². The third kappa shape index (κ3) is 3.35. The molecule has 1 amide bonds. The maximum atomic E-state index is 13.0. The first-order valence-electron chi connectivity index (χ1n) is 10.4. The maximum absolute atomic E-state index is 13.0. The molecule has 7 nitrogen and oxygen atoms in total. The van der Waals surface area contributed by atoms with E-state index in [1.807, 2.05) is 36.3 Å². The van der Waals surface area contributed by atoms with Gasteiger partial charge in [0.15, 0.2) is 0 Å². The van der Waals surface area contributed by atoms with Gasteiger partial charge in [-0.1, -0.05) is 18.9 Å². The average Bonchev–Trinajstić information content (AvgIpc) is 3.31. The molecule has 7 heteroatoms. The van der Waals surface area contributed by atoms with Gasteiger partial charge in [-0.15, -0.1) is 0 Å². The smallest absolute Gasteiger partial charge is 0.255 e. The number of aryl methyl sites for hydroxylation is 1. The Bertz CT molecular complexity index is 1230. The Hall–Kier alpha value is -3.19. The van der Waals surface area contributed by atoms with Gasteiger partial charge in [0.2, 0.25) is 0 Å². The first-order valence-corrected chi connectivity index (χ1v) is 10.4. The number of rotatable bonds is 4. The summed E-state index contributed by atoms with van der Waals surface area (Å²) in [6, 6.07) is 9.96. The summed E-state index contributed by atoms with van der Waals surface area (Å²) in [7, 11) is 1.93. The molecule has 4 aromatic rings. The lowest BCUT2D eigenvalue weighted by Gasteiger charge is -2.28. The van der Waals surface area contributed by atoms with E-state index in [1.54, 1.807) is 6.20 Å². The standard InChI is InChI=1S/C23H25N5O2/c1-27-19-9-8-15(11-16(19)12-25-27)13-28-14-17(22-20(28)6-4-10-24-22)23(30)26-18-5-2-3-7-21(18)29/h4,6,8-12,14,18,21,29H,2-3,5,7,13H2,1H3,(H,26,30)/t18-,21-/m0/s1. The molecule has 0 aliphatic heterocycles. The molecule has 3 aromatic heterocycles. The summed E-state index contributed by atoms with van der Waals surface area (Å²) in [6.45, 7) is 0.631. The van der Waals surface area contributed by atoms with E-state index in [-0.39, 0.29) is 11.9 Å². The van der Waals surface area contributed by atoms with Crippen molar-refractivity contribution in [2.75, 3.05) is 0 Å². The van der Waals surface area contributed by atoms with Crippen molar-refractivity contribution >= 4 is 27.8 Å². The van der Waals surface area contributed by atoms with Crippen molar-refractivity contribution in [2.24, 2.45) is 7.05 Å². The number of carbonyl (C=O) groups excluding carboxylic acids is 1. The minimum atomic E-state index is -0.477. The second-order valence-electron chi connectivity index (χ2n) is 8.13. The first kappa shape index (κ1) is 18.8. The van der Waals surface area contributed by atoms with E-state index in [0.29, 0.717) is 17.6 Å². The summed E-state index contributed by atoms with van der Waals surface area (Å²) in [4.78, 5) is 17.5. The molecule has 0 spiro atoms. The van der Waals surface area contributed by atoms with Gasteiger partial charge in [-0.3, -0.25) is 14.5 Å². The summed E-state index contributed by atoms with van der Waals surface area (Å²) >= 11 is 0. The Balaban J connectivity index is 1.46. The SMILES string of the molecule is Cn1ncc2cc(Cn3cc(C(=O)N[C@H]4CCCC[C@@H]4O)c4ncccc43)ccc21. The summed E-state index contributed by atoms with van der Waals surface area (Å²) in [5, 5.41) is 18.7. The number of amides is 1. The summed E-state index contributed by atoms with van der Waals surface area (Å²) < 4.78 is 3.92. The Labute approximate surface area is 174 Å². The molecule has 30 heavy (non-hydrogen) atoms. The van der Waals surface area contributed by atoms with Crippen molar-refractivity contribution in [1.82, 2.24) is 24.6 Å². The van der Waals surface area contributed by atoms with Crippen molar-refractivity contribution in [1.29, 1.82) is 0 Å². The third-order valence-electron chi connectivity index (χ3n) is 6.09. The lowest BCUT2D eigenvalue weighted by atomic mass is 9.92. The van der Waals surface area contributed by atoms with Crippen LogP contribution in [0.2, 0.25) is 0 Å². The Morgan fingerprint density at radius 3 is 2.97 bits per heavy atom. The van der Waals surface area contributed by atoms with Gasteiger partial charge in [0.25, 0.3) is 5.91 Å². The number of aliphatic hydroxyl groups is 1. The zero-order valence-corrected chi connectivity index (χ0v) is 17.0. The van der Waals surface area contributed by atoms with Crippen LogP contribution in [-0.4, -0.2) is 42.5 Å². The van der Waals surface area contributed by atoms with Crippen molar-refractivity contribution < 1.29 is 9.90 Å². The number of pyridine rings is 1. The van der Waals surface area contributed by atoms with Crippen LogP contribution >= 0.6 is 0 Å². The molecule has 0 radical (unpaired) electrons. The van der Waals surface area contributed by atoms with E-state index in [4.69, 9.17) is 0 Å². The van der Waals surface area contributed by atoms with Crippen molar-refractivity contribution in [3.8, 4) is 0 Å². The second-order valence-corrected chi connectivity index (χ2v) is 8.13. The molecule has 5 rings (SSSR count). The van der Waals surface area contributed by atoms with Crippen LogP contribution in [0, 0.1) is 0 Å². The zero-order valence-electron chi connectivity index (χ0n) is 17.0. The fourth-order valence-corrected chi connectivity index (χ4v) is 4.45. The zero-order chi connectivity index (χ0) is 20.7. The van der Waals surface area contributed by atoms with Crippen LogP contribution in [-0.2, 0) is 13.6 Å². The highest BCUT2D eigenvalue weighted by Gasteiger charge is 2.26. The maximum Gasteiger partial charge on any atom is 0.255 e. The fourth-order valence-electron chi connectivity index (χ4n) is 4.45. The highest BCUT2D eigenvalue weighted by atomic mass is 16.3. The summed E-state index contributed by atoms with van der Waals surface area (Å²) in [5.41, 5.74) is 4.36. The van der Waals surface area contributed by atoms with Crippen LogP contribution in [0.3, 0.4) is 0 Å². The number of hydrogen-bond donors (Lipinski definition) is 2. The molecule has 0 saturated heterocycles. The van der Waals surface area contributed by atoms with Gasteiger partial charge in [-0.05, 0) is 42.7 Å². The molecule has 3 heterocycles. The quantitative estimate of drug-likeness (QED) is 0.549. The largest absolute Gasteiger partial charge is 0.391 e. The molecule has 2 N–H and O–H groups in total. The lowest BCUT2D eigenvalue weighted by molar-refractivity contribution is 0.0718. The molecular weight excluding hydrogens is 378 g/mol. The van der Waals surface area contributed by atoms with Crippen LogP contribution in [0.4, 0.5) is 0 Å². The van der Waals surface area contributed by atoms with Gasteiger partial charge in [-0.2, -0.15) is 5.10 Å². The van der Waals surface area contributed by atoms with Crippen LogP contribution in [0.25, 0.3) is 21.9 Å². The number of nitrogens with one attached hydrogen (secondary N) is 1. The molecule has 1 fully saturated rings. The first-order chi connectivity index (χ1) is 14.6. The van der Waals surface area contributed by atoms with Crippen LogP contribution in [0.15, 0.2) is 48.9 Å². The van der Waals surface area contributed by atoms with Gasteiger partial charge < -0.3 is 15.0 Å². The molecule has 1 aliphatic rings. The van der Waals surface area contributed by atoms with E-state index in [2.05, 4.69) is 38.2 Å². The van der Waals surface area contributed by atoms with E-state index in [9.17, 15) is 9.90 Å². The number of aliphatic hydroxyl groups excluding tert-OH is 1. The predicted octanol–water partition coefficient (Wildman–Crippen LogP) is 3.00. The molecule has 1 aliphatic carbocycles. The number of hydrogen-bond acceptors (Lipinski definition) is 4. The second kappa shape index (κ2) is 7.57. The third-order valence-corrected chi connectivity index (χ3v) is 6.09. The number of carbonyl (C=O) groups is 1. The van der Waals surface area contributed by atoms with E-state index in [0.717, 1.165) is 47.7 Å². The van der Waals surface area contributed by atoms with Gasteiger partial charge in [0.05, 0.1) is 34.9 Å². The molecule has 0 bridgehead atoms. The number of nitrogens with zero attached hydrogens (tertiary/aromatic N) is 4. The van der Waals surface area contributed by atoms with Crippen molar-refractivity contribution in [2.45, 2.75) is 44.4 Å². The fraction of sp³-hybridized carbons (Fsp3) is 0.348. The molecule has 1 aromatic carbocycles. The van der Waals surface area contributed by atoms with Crippen LogP contribution in [0.1, 0.15) is 41.6 Å². The number of benzene rings is 1. The normalized spacial score (nSPS) is 19.4. The van der Waals surface area contributed by atoms with E-state index < -0.39 is 6.10 Å². The molecule has 2 atom stereocenters. The van der Waals surface area contributed by atoms with Gasteiger partial charge >= 0.3 is 0 Å². The lowest BCUT2D eigenvalue weighted by Crippen LogP contribution is -2.45. The number of aromatic nitrogens is 4. The van der Waals surface area contributed by atoms with Crippen molar-refractivity contribution in [3.05, 3.63) is 60.0 Å². The average molecular weight is 403 g/mol. The van der Waals surface area contributed by atoms with Gasteiger partial charge in [0, 0.05) is 31.4 Å². The highest BCUT2D eigenvalue weighted by molar-refractivity contribution is 6.05. The van der Waals surface area contributed by atoms with Crippen molar-refractivity contribution in [3.63, 3.8) is 0 Å². The highest BCUT2D eigenvalue weighted by Crippen LogP contribution is 2.24. The van der Waals surface area contributed by atoms with Crippen LogP contribution < -0.4 is 5.32 Å². The molecule has 0 unspecified atom stereocenters. The molecule has 154 valence electrons. The van der Waals surface area contributed by atoms with Gasteiger partial charge in [0.1, 0.15) is 5.52 Å². The molecular formula is C23H25N5O2. The Kier molecular flexibility index (Phi) is 4.75. The summed E-state index contributed by atoms with van der Waals surface area (Å²) in [5.74, 6) is -0.175. The minimum absolute atomic E-state index is 0.175. The Morgan fingerprint density at radius 2 is 2.10 bits per heavy atom. The topological polar surface area (TPSA) is 85.0 Å². The van der Waals surface area contributed by atoms with E-state index in [1.165, 1.54) is 0 Å². The monoisotopic (exact) mass is 403 g/mol. The predicted molar refractivity (Wildman–Crippen MR) is 115 cm³/mol.